The normalized spacial score (nSPS) is 11.2. The van der Waals surface area contributed by atoms with E-state index in [1.807, 2.05) is 33.8 Å². The van der Waals surface area contributed by atoms with E-state index in [0.29, 0.717) is 0 Å². The molecule has 0 bridgehead atoms. The second-order valence-electron chi connectivity index (χ2n) is 4.80. The summed E-state index contributed by atoms with van der Waals surface area (Å²) in [7, 11) is 1.67. The molecule has 0 spiro atoms. The maximum atomic E-state index is 11.9. The summed E-state index contributed by atoms with van der Waals surface area (Å²) in [4.78, 5) is 17.5. The Hall–Kier alpha value is -1.10. The van der Waals surface area contributed by atoms with Gasteiger partial charge in [0.1, 0.15) is 5.60 Å². The van der Waals surface area contributed by atoms with Crippen molar-refractivity contribution in [3.63, 3.8) is 0 Å². The second kappa shape index (κ2) is 5.04. The predicted octanol–water partition coefficient (Wildman–Crippen LogP) is 3.52. The van der Waals surface area contributed by atoms with E-state index in [9.17, 15) is 4.79 Å². The summed E-state index contributed by atoms with van der Waals surface area (Å²) < 4.78 is 6.12. The summed E-state index contributed by atoms with van der Waals surface area (Å²) in [6.45, 7) is 7.36. The number of anilines is 1. The van der Waals surface area contributed by atoms with Crippen LogP contribution in [-0.2, 0) is 4.74 Å². The van der Waals surface area contributed by atoms with Gasteiger partial charge in [-0.05, 0) is 49.7 Å². The van der Waals surface area contributed by atoms with E-state index in [2.05, 4.69) is 20.9 Å². The molecule has 94 valence electrons. The van der Waals surface area contributed by atoms with E-state index in [0.717, 1.165) is 15.9 Å². The molecule has 1 amide bonds. The summed E-state index contributed by atoms with van der Waals surface area (Å²) in [5, 5.41) is 0. The molecular weight excluding hydrogens is 284 g/mol. The number of aromatic nitrogens is 1. The fraction of sp³-hybridized carbons (Fsp3) is 0.500. The van der Waals surface area contributed by atoms with Crippen LogP contribution >= 0.6 is 15.9 Å². The van der Waals surface area contributed by atoms with Crippen molar-refractivity contribution >= 4 is 27.7 Å². The van der Waals surface area contributed by atoms with Crippen LogP contribution in [0, 0.1) is 6.92 Å². The molecule has 0 aromatic carbocycles. The van der Waals surface area contributed by atoms with E-state index < -0.39 is 5.60 Å². The van der Waals surface area contributed by atoms with Crippen molar-refractivity contribution in [2.45, 2.75) is 33.3 Å². The topological polar surface area (TPSA) is 42.4 Å². The van der Waals surface area contributed by atoms with E-state index in [4.69, 9.17) is 4.74 Å². The molecule has 1 aromatic heterocycles. The molecule has 4 nitrogen and oxygen atoms in total. The first-order chi connectivity index (χ1) is 7.70. The van der Waals surface area contributed by atoms with Crippen molar-refractivity contribution in [1.29, 1.82) is 0 Å². The predicted molar refractivity (Wildman–Crippen MR) is 71.3 cm³/mol. The van der Waals surface area contributed by atoms with E-state index >= 15 is 0 Å². The largest absolute Gasteiger partial charge is 0.443 e. The van der Waals surface area contributed by atoms with Gasteiger partial charge in [0.15, 0.2) is 0 Å². The number of rotatable bonds is 1. The molecule has 1 aromatic rings. The first kappa shape index (κ1) is 14.0. The van der Waals surface area contributed by atoms with Crippen LogP contribution in [-0.4, -0.2) is 23.7 Å². The molecule has 0 aliphatic rings. The number of pyridine rings is 1. The molecule has 1 rings (SSSR count). The molecule has 5 heteroatoms. The van der Waals surface area contributed by atoms with Crippen LogP contribution in [0.15, 0.2) is 16.7 Å². The average Bonchev–Trinajstić information content (AvgIpc) is 2.18. The Kier molecular flexibility index (Phi) is 4.14. The third-order valence-electron chi connectivity index (χ3n) is 2.06. The molecule has 0 saturated heterocycles. The van der Waals surface area contributed by atoms with Crippen molar-refractivity contribution in [3.8, 4) is 0 Å². The SMILES string of the molecule is Cc1ncc(Br)cc1N(C)C(=O)OC(C)(C)C. The highest BCUT2D eigenvalue weighted by molar-refractivity contribution is 9.10. The third kappa shape index (κ3) is 4.00. The van der Waals surface area contributed by atoms with Gasteiger partial charge in [-0.2, -0.15) is 0 Å². The van der Waals surface area contributed by atoms with Crippen LogP contribution in [0.2, 0.25) is 0 Å². The fourth-order valence-corrected chi connectivity index (χ4v) is 1.58. The van der Waals surface area contributed by atoms with Gasteiger partial charge in [-0.15, -0.1) is 0 Å². The zero-order valence-electron chi connectivity index (χ0n) is 10.7. The number of nitrogens with zero attached hydrogens (tertiary/aromatic N) is 2. The van der Waals surface area contributed by atoms with E-state index in [-0.39, 0.29) is 6.09 Å². The van der Waals surface area contributed by atoms with Crippen molar-refractivity contribution < 1.29 is 9.53 Å². The van der Waals surface area contributed by atoms with Gasteiger partial charge >= 0.3 is 6.09 Å². The van der Waals surface area contributed by atoms with Gasteiger partial charge in [0.2, 0.25) is 0 Å². The second-order valence-corrected chi connectivity index (χ2v) is 5.71. The van der Waals surface area contributed by atoms with Crippen LogP contribution in [0.1, 0.15) is 26.5 Å². The smallest absolute Gasteiger partial charge is 0.414 e. The minimum Gasteiger partial charge on any atom is -0.443 e. The lowest BCUT2D eigenvalue weighted by atomic mass is 10.2. The summed E-state index contributed by atoms with van der Waals surface area (Å²) in [6.07, 6.45) is 1.31. The summed E-state index contributed by atoms with van der Waals surface area (Å²) in [5.41, 5.74) is 1.01. The van der Waals surface area contributed by atoms with Crippen molar-refractivity contribution in [1.82, 2.24) is 4.98 Å². The minimum atomic E-state index is -0.501. The number of hydrogen-bond donors (Lipinski definition) is 0. The number of ether oxygens (including phenoxy) is 1. The number of carbonyl (C=O) groups is 1. The molecule has 0 radical (unpaired) electrons. The molecule has 17 heavy (non-hydrogen) atoms. The van der Waals surface area contributed by atoms with Gasteiger partial charge in [-0.3, -0.25) is 9.88 Å². The van der Waals surface area contributed by atoms with Crippen LogP contribution in [0.4, 0.5) is 10.5 Å². The molecule has 0 aliphatic carbocycles. The first-order valence-corrected chi connectivity index (χ1v) is 6.09. The van der Waals surface area contributed by atoms with Crippen molar-refractivity contribution in [3.05, 3.63) is 22.4 Å². The van der Waals surface area contributed by atoms with Gasteiger partial charge < -0.3 is 4.74 Å². The Morgan fingerprint density at radius 1 is 1.47 bits per heavy atom. The number of aryl methyl sites for hydroxylation is 1. The Morgan fingerprint density at radius 2 is 2.06 bits per heavy atom. The molecule has 0 fully saturated rings. The molecular formula is C12H17BrN2O2. The summed E-state index contributed by atoms with van der Waals surface area (Å²) in [6, 6.07) is 1.84. The standard InChI is InChI=1S/C12H17BrN2O2/c1-8-10(6-9(13)7-14-8)15(5)11(16)17-12(2,3)4/h6-7H,1-5H3. The number of amides is 1. The minimum absolute atomic E-state index is 0.388. The molecule has 0 unspecified atom stereocenters. The highest BCUT2D eigenvalue weighted by Crippen LogP contribution is 2.23. The van der Waals surface area contributed by atoms with Crippen LogP contribution in [0.25, 0.3) is 0 Å². The lowest BCUT2D eigenvalue weighted by Gasteiger charge is -2.25. The van der Waals surface area contributed by atoms with Crippen molar-refractivity contribution in [2.75, 3.05) is 11.9 Å². The first-order valence-electron chi connectivity index (χ1n) is 5.29. The lowest BCUT2D eigenvalue weighted by Crippen LogP contribution is -2.34. The lowest BCUT2D eigenvalue weighted by molar-refractivity contribution is 0.0589. The Labute approximate surface area is 110 Å². The van der Waals surface area contributed by atoms with Crippen LogP contribution < -0.4 is 4.90 Å². The Morgan fingerprint density at radius 3 is 2.59 bits per heavy atom. The molecule has 0 atom stereocenters. The summed E-state index contributed by atoms with van der Waals surface area (Å²) >= 11 is 3.33. The highest BCUT2D eigenvalue weighted by Gasteiger charge is 2.21. The van der Waals surface area contributed by atoms with E-state index in [1.54, 1.807) is 13.2 Å². The molecule has 0 N–H and O–H groups in total. The van der Waals surface area contributed by atoms with Gasteiger partial charge in [0.25, 0.3) is 0 Å². The highest BCUT2D eigenvalue weighted by atomic mass is 79.9. The van der Waals surface area contributed by atoms with Crippen molar-refractivity contribution in [2.24, 2.45) is 0 Å². The number of hydrogen-bond acceptors (Lipinski definition) is 3. The van der Waals surface area contributed by atoms with Crippen LogP contribution in [0.3, 0.4) is 0 Å². The van der Waals surface area contributed by atoms with Gasteiger partial charge in [0.05, 0.1) is 11.4 Å². The van der Waals surface area contributed by atoms with Gasteiger partial charge in [-0.1, -0.05) is 0 Å². The zero-order chi connectivity index (χ0) is 13.2. The number of carbonyl (C=O) groups excluding carboxylic acids is 1. The Balaban J connectivity index is 2.92. The molecule has 1 heterocycles. The Bertz CT molecular complexity index is 427. The third-order valence-corrected chi connectivity index (χ3v) is 2.49. The average molecular weight is 301 g/mol. The monoisotopic (exact) mass is 300 g/mol. The quantitative estimate of drug-likeness (QED) is 0.797. The maximum Gasteiger partial charge on any atom is 0.414 e. The number of halogens is 1. The fourth-order valence-electron chi connectivity index (χ4n) is 1.27. The molecule has 0 saturated carbocycles. The van der Waals surface area contributed by atoms with Gasteiger partial charge in [0, 0.05) is 17.7 Å². The summed E-state index contributed by atoms with van der Waals surface area (Å²) in [5.74, 6) is 0. The van der Waals surface area contributed by atoms with Crippen LogP contribution in [0.5, 0.6) is 0 Å². The van der Waals surface area contributed by atoms with Gasteiger partial charge in [-0.25, -0.2) is 4.79 Å². The zero-order valence-corrected chi connectivity index (χ0v) is 12.3. The maximum absolute atomic E-state index is 11.9. The molecule has 0 aliphatic heterocycles. The van der Waals surface area contributed by atoms with E-state index in [1.165, 1.54) is 4.90 Å².